The number of rotatable bonds is 6. The summed E-state index contributed by atoms with van der Waals surface area (Å²) in [6.45, 7) is 4.91. The van der Waals surface area contributed by atoms with Crippen LogP contribution in [0, 0.1) is 0 Å². The molecule has 0 aromatic rings. The molecule has 0 radical (unpaired) electrons. The smallest absolute Gasteiger partial charge is 0.0270 e. The molecule has 0 N–H and O–H groups in total. The van der Waals surface area contributed by atoms with Gasteiger partial charge >= 0.3 is 0 Å². The summed E-state index contributed by atoms with van der Waals surface area (Å²) < 4.78 is 0. The zero-order valence-electron chi connectivity index (χ0n) is 7.32. The van der Waals surface area contributed by atoms with E-state index in [4.69, 9.17) is 5.53 Å². The molecule has 0 amide bonds. The Labute approximate surface area is 67.8 Å². The summed E-state index contributed by atoms with van der Waals surface area (Å²) in [4.78, 5) is 4.93. The summed E-state index contributed by atoms with van der Waals surface area (Å²) in [5.74, 6) is 0. The normalized spacial score (nSPS) is 9.73. The third-order valence-corrected chi connectivity index (χ3v) is 1.47. The van der Waals surface area contributed by atoms with E-state index < -0.39 is 0 Å². The molecule has 0 aliphatic rings. The number of hydrogen-bond donors (Lipinski definition) is 0. The Kier molecular flexibility index (Phi) is 6.89. The van der Waals surface area contributed by atoms with Crippen LogP contribution in [0.5, 0.6) is 0 Å². The Morgan fingerprint density at radius 1 is 1.45 bits per heavy atom. The minimum atomic E-state index is 0.616. The molecule has 0 saturated carbocycles. The molecule has 0 saturated heterocycles. The van der Waals surface area contributed by atoms with E-state index in [1.165, 1.54) is 6.42 Å². The predicted molar refractivity (Wildman–Crippen MR) is 46.4 cm³/mol. The summed E-state index contributed by atoms with van der Waals surface area (Å²) in [5, 5.41) is 3.46. The highest BCUT2D eigenvalue weighted by molar-refractivity contribution is 4.53. The van der Waals surface area contributed by atoms with E-state index in [-0.39, 0.29) is 0 Å². The molecule has 0 spiro atoms. The van der Waals surface area contributed by atoms with Crippen molar-refractivity contribution in [2.45, 2.75) is 19.8 Å². The van der Waals surface area contributed by atoms with Crippen LogP contribution in [0.2, 0.25) is 0 Å². The zero-order chi connectivity index (χ0) is 8.53. The fraction of sp³-hybridized carbons (Fsp3) is 1.00. The maximum absolute atomic E-state index is 7.98. The van der Waals surface area contributed by atoms with Crippen LogP contribution in [0.3, 0.4) is 0 Å². The van der Waals surface area contributed by atoms with E-state index in [2.05, 4.69) is 28.9 Å². The molecule has 4 heteroatoms. The molecule has 0 unspecified atom stereocenters. The maximum atomic E-state index is 7.98. The standard InChI is InChI=1S/C7H16N4/c1-3-6-11(2)7-4-5-9-10-8/h3-7H2,1-2H3. The van der Waals surface area contributed by atoms with Crippen LogP contribution in [-0.4, -0.2) is 31.6 Å². The second-order valence-corrected chi connectivity index (χ2v) is 2.61. The Balaban J connectivity index is 3.16. The van der Waals surface area contributed by atoms with Crippen molar-refractivity contribution in [3.63, 3.8) is 0 Å². The first kappa shape index (κ1) is 10.3. The van der Waals surface area contributed by atoms with Gasteiger partial charge in [-0.15, -0.1) is 0 Å². The summed E-state index contributed by atoms with van der Waals surface area (Å²) in [6.07, 6.45) is 2.14. The molecule has 0 rings (SSSR count). The molecule has 4 nitrogen and oxygen atoms in total. The van der Waals surface area contributed by atoms with E-state index >= 15 is 0 Å². The highest BCUT2D eigenvalue weighted by Gasteiger charge is 1.93. The Hall–Kier alpha value is -0.730. The van der Waals surface area contributed by atoms with Crippen LogP contribution in [0.4, 0.5) is 0 Å². The highest BCUT2D eigenvalue weighted by Crippen LogP contribution is 1.89. The Bertz CT molecular complexity index is 128. The first-order chi connectivity index (χ1) is 5.31. The average Bonchev–Trinajstić information content (AvgIpc) is 1.99. The first-order valence-corrected chi connectivity index (χ1v) is 4.00. The van der Waals surface area contributed by atoms with Crippen LogP contribution < -0.4 is 0 Å². The third kappa shape index (κ3) is 7.16. The summed E-state index contributed by atoms with van der Waals surface area (Å²) in [5.41, 5.74) is 7.98. The molecule has 0 bridgehead atoms. The topological polar surface area (TPSA) is 52.0 Å². The van der Waals surface area contributed by atoms with Crippen LogP contribution in [0.15, 0.2) is 5.11 Å². The van der Waals surface area contributed by atoms with Gasteiger partial charge < -0.3 is 4.90 Å². The lowest BCUT2D eigenvalue weighted by Crippen LogP contribution is -2.20. The van der Waals surface area contributed by atoms with Gasteiger partial charge in [0.05, 0.1) is 0 Å². The molecule has 0 heterocycles. The van der Waals surface area contributed by atoms with Crippen LogP contribution in [-0.2, 0) is 0 Å². The van der Waals surface area contributed by atoms with Crippen molar-refractivity contribution in [3.8, 4) is 0 Å². The van der Waals surface area contributed by atoms with E-state index in [9.17, 15) is 0 Å². The molecule has 0 fully saturated rings. The predicted octanol–water partition coefficient (Wildman–Crippen LogP) is 2.03. The lowest BCUT2D eigenvalue weighted by molar-refractivity contribution is 0.332. The minimum Gasteiger partial charge on any atom is -0.306 e. The van der Waals surface area contributed by atoms with Crippen LogP contribution >= 0.6 is 0 Å². The van der Waals surface area contributed by atoms with E-state index in [1.807, 2.05) is 0 Å². The number of hydrogen-bond acceptors (Lipinski definition) is 2. The van der Waals surface area contributed by atoms with Crippen LogP contribution in [0.25, 0.3) is 10.4 Å². The summed E-state index contributed by atoms with van der Waals surface area (Å²) in [6, 6.07) is 0. The van der Waals surface area contributed by atoms with Gasteiger partial charge in [-0.2, -0.15) is 0 Å². The van der Waals surface area contributed by atoms with Gasteiger partial charge in [-0.05, 0) is 38.5 Å². The minimum absolute atomic E-state index is 0.616. The summed E-state index contributed by atoms with van der Waals surface area (Å²) in [7, 11) is 2.08. The lowest BCUT2D eigenvalue weighted by Gasteiger charge is -2.13. The van der Waals surface area contributed by atoms with Crippen molar-refractivity contribution in [2.75, 3.05) is 26.7 Å². The number of nitrogens with zero attached hydrogens (tertiary/aromatic N) is 4. The molecule has 11 heavy (non-hydrogen) atoms. The summed E-state index contributed by atoms with van der Waals surface area (Å²) >= 11 is 0. The zero-order valence-corrected chi connectivity index (χ0v) is 7.32. The van der Waals surface area contributed by atoms with Gasteiger partial charge in [0.2, 0.25) is 0 Å². The van der Waals surface area contributed by atoms with Gasteiger partial charge in [-0.25, -0.2) is 0 Å². The van der Waals surface area contributed by atoms with Gasteiger partial charge in [-0.1, -0.05) is 12.0 Å². The molecule has 0 aliphatic carbocycles. The van der Waals surface area contributed by atoms with Gasteiger partial charge in [0.25, 0.3) is 0 Å². The largest absolute Gasteiger partial charge is 0.306 e. The first-order valence-electron chi connectivity index (χ1n) is 4.00. The van der Waals surface area contributed by atoms with Crippen molar-refractivity contribution in [1.82, 2.24) is 4.90 Å². The Morgan fingerprint density at radius 3 is 2.73 bits per heavy atom. The molecule has 0 aromatic carbocycles. The molecule has 64 valence electrons. The fourth-order valence-corrected chi connectivity index (χ4v) is 0.950. The fourth-order valence-electron chi connectivity index (χ4n) is 0.950. The van der Waals surface area contributed by atoms with Gasteiger partial charge in [0, 0.05) is 11.5 Å². The second-order valence-electron chi connectivity index (χ2n) is 2.61. The third-order valence-electron chi connectivity index (χ3n) is 1.47. The molecule has 0 aromatic heterocycles. The van der Waals surface area contributed by atoms with E-state index in [0.29, 0.717) is 6.54 Å². The maximum Gasteiger partial charge on any atom is 0.0270 e. The second kappa shape index (κ2) is 7.38. The Morgan fingerprint density at radius 2 is 2.18 bits per heavy atom. The van der Waals surface area contributed by atoms with Crippen molar-refractivity contribution in [3.05, 3.63) is 10.4 Å². The van der Waals surface area contributed by atoms with E-state index in [0.717, 1.165) is 19.5 Å². The quantitative estimate of drug-likeness (QED) is 0.251. The molecular weight excluding hydrogens is 140 g/mol. The average molecular weight is 156 g/mol. The monoisotopic (exact) mass is 156 g/mol. The van der Waals surface area contributed by atoms with Crippen molar-refractivity contribution in [2.24, 2.45) is 5.11 Å². The molecular formula is C7H16N4. The highest BCUT2D eigenvalue weighted by atomic mass is 15.1. The number of azide groups is 1. The van der Waals surface area contributed by atoms with Crippen molar-refractivity contribution < 1.29 is 0 Å². The SMILES string of the molecule is CCCN(C)CCCN=[N+]=[N-]. The lowest BCUT2D eigenvalue weighted by atomic mass is 10.3. The van der Waals surface area contributed by atoms with E-state index in [1.54, 1.807) is 0 Å². The molecule has 0 aliphatic heterocycles. The van der Waals surface area contributed by atoms with Crippen molar-refractivity contribution >= 4 is 0 Å². The van der Waals surface area contributed by atoms with Gasteiger partial charge in [0.15, 0.2) is 0 Å². The van der Waals surface area contributed by atoms with Gasteiger partial charge in [0.1, 0.15) is 0 Å². The van der Waals surface area contributed by atoms with Crippen LogP contribution in [0.1, 0.15) is 19.8 Å². The molecule has 0 atom stereocenters. The van der Waals surface area contributed by atoms with Gasteiger partial charge in [-0.3, -0.25) is 0 Å². The van der Waals surface area contributed by atoms with Crippen molar-refractivity contribution in [1.29, 1.82) is 0 Å².